The van der Waals surface area contributed by atoms with Crippen LogP contribution in [0.15, 0.2) is 36.5 Å². The van der Waals surface area contributed by atoms with Gasteiger partial charge >= 0.3 is 0 Å². The highest BCUT2D eigenvalue weighted by atomic mass is 35.5. The number of anilines is 1. The van der Waals surface area contributed by atoms with Crippen LogP contribution in [0.25, 0.3) is 11.4 Å². The molecule has 1 heterocycles. The molecule has 1 aromatic carbocycles. The Morgan fingerprint density at radius 2 is 1.78 bits per heavy atom. The molecular formula is C14H16ClN3. The van der Waals surface area contributed by atoms with Gasteiger partial charge in [0.2, 0.25) is 0 Å². The molecule has 2 rings (SSSR count). The van der Waals surface area contributed by atoms with Crippen molar-refractivity contribution in [2.45, 2.75) is 13.8 Å². The molecule has 0 spiro atoms. The summed E-state index contributed by atoms with van der Waals surface area (Å²) < 4.78 is 0. The van der Waals surface area contributed by atoms with E-state index in [0.717, 1.165) is 24.5 Å². The van der Waals surface area contributed by atoms with Crippen molar-refractivity contribution in [3.63, 3.8) is 0 Å². The van der Waals surface area contributed by atoms with Gasteiger partial charge in [0, 0.05) is 18.7 Å². The third kappa shape index (κ3) is 2.62. The van der Waals surface area contributed by atoms with Crippen LogP contribution >= 0.6 is 11.6 Å². The lowest BCUT2D eigenvalue weighted by Gasteiger charge is -2.21. The second-order valence-corrected chi connectivity index (χ2v) is 4.31. The first-order valence-corrected chi connectivity index (χ1v) is 6.47. The van der Waals surface area contributed by atoms with E-state index in [1.54, 1.807) is 6.20 Å². The van der Waals surface area contributed by atoms with Gasteiger partial charge in [-0.05, 0) is 13.8 Å². The van der Waals surface area contributed by atoms with Gasteiger partial charge in [0.1, 0.15) is 5.02 Å². The lowest BCUT2D eigenvalue weighted by atomic mass is 10.2. The molecule has 0 bridgehead atoms. The smallest absolute Gasteiger partial charge is 0.161 e. The van der Waals surface area contributed by atoms with E-state index < -0.39 is 0 Å². The van der Waals surface area contributed by atoms with E-state index in [0.29, 0.717) is 10.8 Å². The fraction of sp³-hybridized carbons (Fsp3) is 0.286. The zero-order valence-electron chi connectivity index (χ0n) is 10.6. The van der Waals surface area contributed by atoms with Gasteiger partial charge in [0.25, 0.3) is 0 Å². The quantitative estimate of drug-likeness (QED) is 0.841. The Morgan fingerprint density at radius 1 is 1.11 bits per heavy atom. The maximum Gasteiger partial charge on any atom is 0.161 e. The van der Waals surface area contributed by atoms with Gasteiger partial charge in [-0.15, -0.1) is 0 Å². The minimum Gasteiger partial charge on any atom is -0.356 e. The predicted molar refractivity (Wildman–Crippen MR) is 76.0 cm³/mol. The molecule has 0 saturated carbocycles. The Balaban J connectivity index is 2.44. The van der Waals surface area contributed by atoms with Crippen LogP contribution in [-0.4, -0.2) is 23.1 Å². The molecular weight excluding hydrogens is 246 g/mol. The van der Waals surface area contributed by atoms with Crippen LogP contribution in [0.1, 0.15) is 13.8 Å². The van der Waals surface area contributed by atoms with Gasteiger partial charge in [-0.25, -0.2) is 9.97 Å². The van der Waals surface area contributed by atoms with Crippen molar-refractivity contribution in [1.82, 2.24) is 9.97 Å². The van der Waals surface area contributed by atoms with Crippen molar-refractivity contribution < 1.29 is 0 Å². The lowest BCUT2D eigenvalue weighted by molar-refractivity contribution is 0.843. The average molecular weight is 262 g/mol. The van der Waals surface area contributed by atoms with Crippen LogP contribution in [0, 0.1) is 0 Å². The Hall–Kier alpha value is -1.61. The van der Waals surface area contributed by atoms with Crippen molar-refractivity contribution in [2.24, 2.45) is 0 Å². The molecule has 3 nitrogen and oxygen atoms in total. The molecule has 0 atom stereocenters. The molecule has 2 aromatic rings. The van der Waals surface area contributed by atoms with E-state index in [-0.39, 0.29) is 0 Å². The van der Waals surface area contributed by atoms with Gasteiger partial charge in [-0.1, -0.05) is 41.9 Å². The largest absolute Gasteiger partial charge is 0.356 e. The van der Waals surface area contributed by atoms with Gasteiger partial charge in [-0.3, -0.25) is 0 Å². The van der Waals surface area contributed by atoms with Crippen LogP contribution in [-0.2, 0) is 0 Å². The summed E-state index contributed by atoms with van der Waals surface area (Å²) in [7, 11) is 0. The lowest BCUT2D eigenvalue weighted by Crippen LogP contribution is -2.23. The van der Waals surface area contributed by atoms with Crippen molar-refractivity contribution >= 4 is 17.4 Å². The molecule has 0 fully saturated rings. The zero-order valence-corrected chi connectivity index (χ0v) is 11.4. The number of rotatable bonds is 4. The second kappa shape index (κ2) is 5.83. The molecule has 1 aromatic heterocycles. The molecule has 0 aliphatic carbocycles. The third-order valence-electron chi connectivity index (χ3n) is 2.82. The van der Waals surface area contributed by atoms with Crippen molar-refractivity contribution in [1.29, 1.82) is 0 Å². The minimum absolute atomic E-state index is 0.596. The fourth-order valence-corrected chi connectivity index (χ4v) is 2.04. The maximum absolute atomic E-state index is 6.17. The maximum atomic E-state index is 6.17. The molecule has 18 heavy (non-hydrogen) atoms. The molecule has 4 heteroatoms. The monoisotopic (exact) mass is 261 g/mol. The Bertz CT molecular complexity index is 510. The Kier molecular flexibility index (Phi) is 4.15. The van der Waals surface area contributed by atoms with Crippen LogP contribution in [0.4, 0.5) is 5.82 Å². The van der Waals surface area contributed by atoms with Crippen LogP contribution in [0.2, 0.25) is 5.02 Å². The molecule has 94 valence electrons. The summed E-state index contributed by atoms with van der Waals surface area (Å²) >= 11 is 6.17. The third-order valence-corrected chi connectivity index (χ3v) is 3.09. The van der Waals surface area contributed by atoms with Crippen LogP contribution < -0.4 is 4.90 Å². The molecule has 0 aliphatic rings. The SMILES string of the molecule is CCN(CC)c1nc(-c2ccccc2)ncc1Cl. The normalized spacial score (nSPS) is 10.4. The van der Waals surface area contributed by atoms with Crippen molar-refractivity contribution in [3.05, 3.63) is 41.6 Å². The van der Waals surface area contributed by atoms with E-state index >= 15 is 0 Å². The first kappa shape index (κ1) is 12.8. The number of nitrogens with zero attached hydrogens (tertiary/aromatic N) is 3. The summed E-state index contributed by atoms with van der Waals surface area (Å²) in [6.07, 6.45) is 1.67. The van der Waals surface area contributed by atoms with E-state index in [1.807, 2.05) is 30.3 Å². The minimum atomic E-state index is 0.596. The van der Waals surface area contributed by atoms with Gasteiger partial charge in [0.05, 0.1) is 6.20 Å². The van der Waals surface area contributed by atoms with Gasteiger partial charge < -0.3 is 4.90 Å². The molecule has 0 N–H and O–H groups in total. The Labute approximate surface area is 112 Å². The van der Waals surface area contributed by atoms with E-state index in [2.05, 4.69) is 28.7 Å². The topological polar surface area (TPSA) is 29.0 Å². The first-order chi connectivity index (χ1) is 8.76. The highest BCUT2D eigenvalue weighted by molar-refractivity contribution is 6.32. The number of aromatic nitrogens is 2. The molecule has 0 radical (unpaired) electrons. The average Bonchev–Trinajstić information content (AvgIpc) is 2.43. The van der Waals surface area contributed by atoms with Crippen LogP contribution in [0.5, 0.6) is 0 Å². The van der Waals surface area contributed by atoms with E-state index in [4.69, 9.17) is 11.6 Å². The molecule has 0 saturated heterocycles. The summed E-state index contributed by atoms with van der Waals surface area (Å²) in [5.74, 6) is 1.51. The highest BCUT2D eigenvalue weighted by Gasteiger charge is 2.11. The highest BCUT2D eigenvalue weighted by Crippen LogP contribution is 2.25. The summed E-state index contributed by atoms with van der Waals surface area (Å²) in [4.78, 5) is 11.0. The summed E-state index contributed by atoms with van der Waals surface area (Å²) in [6.45, 7) is 5.93. The summed E-state index contributed by atoms with van der Waals surface area (Å²) in [5.41, 5.74) is 1.00. The van der Waals surface area contributed by atoms with Gasteiger partial charge in [-0.2, -0.15) is 0 Å². The molecule has 0 unspecified atom stereocenters. The number of hydrogen-bond donors (Lipinski definition) is 0. The molecule has 0 aliphatic heterocycles. The zero-order chi connectivity index (χ0) is 13.0. The first-order valence-electron chi connectivity index (χ1n) is 6.09. The number of benzene rings is 1. The Morgan fingerprint density at radius 3 is 2.39 bits per heavy atom. The van der Waals surface area contributed by atoms with Gasteiger partial charge in [0.15, 0.2) is 11.6 Å². The summed E-state index contributed by atoms with van der Waals surface area (Å²) in [6, 6.07) is 9.92. The standard InChI is InChI=1S/C14H16ClN3/c1-3-18(4-2)14-12(15)10-16-13(17-14)11-8-6-5-7-9-11/h5-10H,3-4H2,1-2H3. The van der Waals surface area contributed by atoms with Crippen molar-refractivity contribution in [2.75, 3.05) is 18.0 Å². The van der Waals surface area contributed by atoms with Crippen LogP contribution in [0.3, 0.4) is 0 Å². The van der Waals surface area contributed by atoms with E-state index in [9.17, 15) is 0 Å². The summed E-state index contributed by atoms with van der Waals surface area (Å²) in [5, 5.41) is 0.596. The number of hydrogen-bond acceptors (Lipinski definition) is 3. The fourth-order valence-electron chi connectivity index (χ4n) is 1.83. The second-order valence-electron chi connectivity index (χ2n) is 3.90. The molecule has 0 amide bonds. The van der Waals surface area contributed by atoms with Crippen molar-refractivity contribution in [3.8, 4) is 11.4 Å². The van der Waals surface area contributed by atoms with E-state index in [1.165, 1.54) is 0 Å². The number of halogens is 1. The predicted octanol–water partition coefficient (Wildman–Crippen LogP) is 3.64.